The fourth-order valence-electron chi connectivity index (χ4n) is 3.02. The predicted molar refractivity (Wildman–Crippen MR) is 104 cm³/mol. The average Bonchev–Trinajstić information content (AvgIpc) is 3.25. The van der Waals surface area contributed by atoms with Crippen molar-refractivity contribution < 1.29 is 9.72 Å². The van der Waals surface area contributed by atoms with E-state index in [0.29, 0.717) is 11.4 Å². The summed E-state index contributed by atoms with van der Waals surface area (Å²) in [6, 6.07) is 14.1. The zero-order valence-electron chi connectivity index (χ0n) is 14.5. The van der Waals surface area contributed by atoms with Crippen LogP contribution in [0.15, 0.2) is 48.5 Å². The molecule has 1 amide bonds. The number of nitro benzene ring substituents is 1. The highest BCUT2D eigenvalue weighted by Crippen LogP contribution is 2.36. The second-order valence-corrected chi connectivity index (χ2v) is 7.21. The summed E-state index contributed by atoms with van der Waals surface area (Å²) in [5, 5.41) is 18.7. The van der Waals surface area contributed by atoms with E-state index >= 15 is 0 Å². The summed E-state index contributed by atoms with van der Waals surface area (Å²) in [7, 11) is 0. The lowest BCUT2D eigenvalue weighted by molar-refractivity contribution is -0.385. The molecule has 3 aromatic rings. The third kappa shape index (κ3) is 3.19. The van der Waals surface area contributed by atoms with Crippen LogP contribution in [-0.4, -0.2) is 20.6 Å². The van der Waals surface area contributed by atoms with Crippen molar-refractivity contribution in [2.75, 3.05) is 5.32 Å². The Morgan fingerprint density at radius 1 is 1.22 bits per heavy atom. The van der Waals surface area contributed by atoms with E-state index in [1.54, 1.807) is 35.5 Å². The van der Waals surface area contributed by atoms with Gasteiger partial charge < -0.3 is 5.32 Å². The molecule has 2 heterocycles. The lowest BCUT2D eigenvalue weighted by atomic mass is 10.1. The molecular formula is C19H16N4O3S. The molecule has 1 N–H and O–H groups in total. The van der Waals surface area contributed by atoms with E-state index in [1.165, 1.54) is 6.07 Å². The van der Waals surface area contributed by atoms with Crippen molar-refractivity contribution >= 4 is 29.2 Å². The van der Waals surface area contributed by atoms with Crippen LogP contribution >= 0.6 is 11.8 Å². The van der Waals surface area contributed by atoms with E-state index in [4.69, 9.17) is 0 Å². The van der Waals surface area contributed by atoms with Crippen LogP contribution in [0.5, 0.6) is 0 Å². The molecule has 1 aliphatic heterocycles. The van der Waals surface area contributed by atoms with Crippen molar-refractivity contribution in [1.29, 1.82) is 0 Å². The number of hydrogen-bond acceptors (Lipinski definition) is 5. The van der Waals surface area contributed by atoms with E-state index in [-0.39, 0.29) is 11.3 Å². The van der Waals surface area contributed by atoms with Gasteiger partial charge in [-0.3, -0.25) is 14.9 Å². The van der Waals surface area contributed by atoms with Gasteiger partial charge in [-0.2, -0.15) is 16.9 Å². The number of nitro groups is 1. The number of carbonyl (C=O) groups excluding carboxylic acids is 1. The average molecular weight is 380 g/mol. The molecule has 0 atom stereocenters. The van der Waals surface area contributed by atoms with Crippen molar-refractivity contribution in [2.45, 2.75) is 18.4 Å². The summed E-state index contributed by atoms with van der Waals surface area (Å²) in [4.78, 5) is 23.5. The Balaban J connectivity index is 1.72. The van der Waals surface area contributed by atoms with Crippen LogP contribution in [0.1, 0.15) is 27.2 Å². The number of nitrogens with one attached hydrogen (secondary N) is 1. The second-order valence-electron chi connectivity index (χ2n) is 6.23. The first-order valence-corrected chi connectivity index (χ1v) is 9.50. The monoisotopic (exact) mass is 380 g/mol. The van der Waals surface area contributed by atoms with Crippen molar-refractivity contribution in [2.24, 2.45) is 0 Å². The molecule has 0 saturated carbocycles. The number of aromatic nitrogens is 2. The molecule has 136 valence electrons. The van der Waals surface area contributed by atoms with Crippen LogP contribution in [0.3, 0.4) is 0 Å². The van der Waals surface area contributed by atoms with Crippen LogP contribution in [0.2, 0.25) is 0 Å². The molecule has 7 nitrogen and oxygen atoms in total. The highest BCUT2D eigenvalue weighted by Gasteiger charge is 2.25. The largest absolute Gasteiger partial charge is 0.306 e. The SMILES string of the molecule is Cc1ccc(C(=O)Nc2c3c(nn2-c2ccccc2)CSC3)cc1[N+](=O)[O-]. The first-order chi connectivity index (χ1) is 13.0. The summed E-state index contributed by atoms with van der Waals surface area (Å²) in [5.74, 6) is 1.80. The summed E-state index contributed by atoms with van der Waals surface area (Å²) < 4.78 is 1.73. The van der Waals surface area contributed by atoms with Gasteiger partial charge in [-0.05, 0) is 25.1 Å². The number of amides is 1. The number of fused-ring (bicyclic) bond motifs is 1. The number of benzene rings is 2. The topological polar surface area (TPSA) is 90.1 Å². The maximum atomic E-state index is 12.8. The highest BCUT2D eigenvalue weighted by molar-refractivity contribution is 7.98. The Labute approximate surface area is 159 Å². The first-order valence-electron chi connectivity index (χ1n) is 8.35. The smallest absolute Gasteiger partial charge is 0.273 e. The van der Waals surface area contributed by atoms with Gasteiger partial charge in [-0.25, -0.2) is 4.68 Å². The molecular weight excluding hydrogens is 364 g/mol. The summed E-state index contributed by atoms with van der Waals surface area (Å²) in [6.45, 7) is 1.65. The van der Waals surface area contributed by atoms with E-state index in [0.717, 1.165) is 28.5 Å². The van der Waals surface area contributed by atoms with Crippen LogP contribution in [0.4, 0.5) is 11.5 Å². The van der Waals surface area contributed by atoms with Gasteiger partial charge in [0, 0.05) is 34.3 Å². The molecule has 0 fully saturated rings. The minimum absolute atomic E-state index is 0.0694. The van der Waals surface area contributed by atoms with Crippen LogP contribution in [0.25, 0.3) is 5.69 Å². The van der Waals surface area contributed by atoms with Gasteiger partial charge in [0.25, 0.3) is 11.6 Å². The molecule has 0 saturated heterocycles. The Morgan fingerprint density at radius 3 is 2.74 bits per heavy atom. The number of thioether (sulfide) groups is 1. The van der Waals surface area contributed by atoms with Gasteiger partial charge in [0.15, 0.2) is 0 Å². The number of aryl methyl sites for hydroxylation is 1. The van der Waals surface area contributed by atoms with Gasteiger partial charge in [0.05, 0.1) is 16.3 Å². The molecule has 2 aromatic carbocycles. The zero-order chi connectivity index (χ0) is 19.0. The number of carbonyl (C=O) groups is 1. The molecule has 1 aromatic heterocycles. The molecule has 0 spiro atoms. The molecule has 1 aliphatic rings. The van der Waals surface area contributed by atoms with Crippen LogP contribution < -0.4 is 5.32 Å². The quantitative estimate of drug-likeness (QED) is 0.544. The first kappa shape index (κ1) is 17.3. The predicted octanol–water partition coefficient (Wildman–Crippen LogP) is 4.09. The summed E-state index contributed by atoms with van der Waals surface area (Å²) >= 11 is 1.74. The third-order valence-electron chi connectivity index (χ3n) is 4.45. The van der Waals surface area contributed by atoms with E-state index < -0.39 is 10.8 Å². The van der Waals surface area contributed by atoms with Gasteiger partial charge in [0.1, 0.15) is 5.82 Å². The standard InChI is InChI=1S/C19H16N4O3S/c1-12-7-8-13(9-17(12)23(25)26)19(24)20-18-15-10-27-11-16(15)21-22(18)14-5-3-2-4-6-14/h2-9H,10-11H2,1H3,(H,20,24). The normalized spacial score (nSPS) is 12.6. The van der Waals surface area contributed by atoms with Gasteiger partial charge in [0.2, 0.25) is 0 Å². The third-order valence-corrected chi connectivity index (χ3v) is 5.42. The Bertz CT molecular complexity index is 1050. The fraction of sp³-hybridized carbons (Fsp3) is 0.158. The van der Waals surface area contributed by atoms with Gasteiger partial charge >= 0.3 is 0 Å². The summed E-state index contributed by atoms with van der Waals surface area (Å²) in [5.41, 5.74) is 3.49. The fourth-order valence-corrected chi connectivity index (χ4v) is 4.06. The Kier molecular flexibility index (Phi) is 4.41. The minimum atomic E-state index is -0.478. The summed E-state index contributed by atoms with van der Waals surface area (Å²) in [6.07, 6.45) is 0. The van der Waals surface area contributed by atoms with E-state index in [2.05, 4.69) is 10.4 Å². The van der Waals surface area contributed by atoms with Gasteiger partial charge in [-0.15, -0.1) is 0 Å². The molecule has 8 heteroatoms. The number of para-hydroxylation sites is 1. The molecule has 0 aliphatic carbocycles. The minimum Gasteiger partial charge on any atom is -0.306 e. The second kappa shape index (κ2) is 6.88. The van der Waals surface area contributed by atoms with Crippen molar-refractivity contribution in [1.82, 2.24) is 9.78 Å². The molecule has 4 rings (SSSR count). The highest BCUT2D eigenvalue weighted by atomic mass is 32.2. The molecule has 27 heavy (non-hydrogen) atoms. The molecule has 0 unspecified atom stereocenters. The van der Waals surface area contributed by atoms with Crippen LogP contribution in [-0.2, 0) is 11.5 Å². The molecule has 0 bridgehead atoms. The number of rotatable bonds is 4. The number of nitrogens with zero attached hydrogens (tertiary/aromatic N) is 3. The van der Waals surface area contributed by atoms with E-state index in [9.17, 15) is 14.9 Å². The lowest BCUT2D eigenvalue weighted by Gasteiger charge is -2.11. The van der Waals surface area contributed by atoms with Crippen molar-refractivity contribution in [3.05, 3.63) is 81.0 Å². The molecule has 0 radical (unpaired) electrons. The maximum absolute atomic E-state index is 12.8. The van der Waals surface area contributed by atoms with Crippen molar-refractivity contribution in [3.8, 4) is 5.69 Å². The van der Waals surface area contributed by atoms with E-state index in [1.807, 2.05) is 30.3 Å². The van der Waals surface area contributed by atoms with Crippen molar-refractivity contribution in [3.63, 3.8) is 0 Å². The van der Waals surface area contributed by atoms with Gasteiger partial charge in [-0.1, -0.05) is 24.3 Å². The number of hydrogen-bond donors (Lipinski definition) is 1. The maximum Gasteiger partial charge on any atom is 0.273 e. The number of anilines is 1. The van der Waals surface area contributed by atoms with Crippen LogP contribution in [0, 0.1) is 17.0 Å². The zero-order valence-corrected chi connectivity index (χ0v) is 15.3. The Morgan fingerprint density at radius 2 is 2.00 bits per heavy atom. The Hall–Kier alpha value is -3.13. The lowest BCUT2D eigenvalue weighted by Crippen LogP contribution is -2.16.